The van der Waals surface area contributed by atoms with Crippen molar-refractivity contribution in [2.45, 2.75) is 18.6 Å². The quantitative estimate of drug-likeness (QED) is 0.755. The maximum absolute atomic E-state index is 12.6. The van der Waals surface area contributed by atoms with Gasteiger partial charge in [0.25, 0.3) is 11.8 Å². The van der Waals surface area contributed by atoms with Gasteiger partial charge in [0.15, 0.2) is 0 Å². The highest BCUT2D eigenvalue weighted by Gasteiger charge is 2.51. The third-order valence-corrected chi connectivity index (χ3v) is 4.84. The number of rotatable bonds is 4. The number of anilines is 1. The van der Waals surface area contributed by atoms with Crippen molar-refractivity contribution in [2.24, 2.45) is 0 Å². The van der Waals surface area contributed by atoms with Gasteiger partial charge in [0.05, 0.1) is 0 Å². The SMILES string of the molecule is O=C(NCc1cc(Cl)cc(Cl)c1)C1(O)CCN(c2cccc(Cl)c2)C1=O. The van der Waals surface area contributed by atoms with Crippen LogP contribution in [0.5, 0.6) is 0 Å². The Kier molecular flexibility index (Phi) is 5.44. The monoisotopic (exact) mass is 412 g/mol. The van der Waals surface area contributed by atoms with Crippen molar-refractivity contribution in [3.05, 3.63) is 63.1 Å². The number of nitrogens with zero attached hydrogens (tertiary/aromatic N) is 1. The van der Waals surface area contributed by atoms with Gasteiger partial charge < -0.3 is 15.3 Å². The number of aliphatic hydroxyl groups is 1. The number of carbonyl (C=O) groups is 2. The molecular formula is C18H15Cl3N2O3. The molecule has 0 bridgehead atoms. The second-order valence-electron chi connectivity index (χ2n) is 6.01. The molecule has 5 nitrogen and oxygen atoms in total. The number of hydrogen-bond acceptors (Lipinski definition) is 3. The number of benzene rings is 2. The first-order chi connectivity index (χ1) is 12.3. The molecule has 1 saturated heterocycles. The van der Waals surface area contributed by atoms with Crippen molar-refractivity contribution in [1.82, 2.24) is 5.32 Å². The molecular weight excluding hydrogens is 399 g/mol. The van der Waals surface area contributed by atoms with Crippen LogP contribution in [0.2, 0.25) is 15.1 Å². The first-order valence-electron chi connectivity index (χ1n) is 7.83. The Labute approximate surface area is 165 Å². The highest BCUT2D eigenvalue weighted by atomic mass is 35.5. The third kappa shape index (κ3) is 3.81. The Balaban J connectivity index is 1.71. The van der Waals surface area contributed by atoms with Crippen molar-refractivity contribution < 1.29 is 14.7 Å². The van der Waals surface area contributed by atoms with Gasteiger partial charge in [0.2, 0.25) is 5.60 Å². The molecule has 2 N–H and O–H groups in total. The molecule has 1 aliphatic heterocycles. The predicted molar refractivity (Wildman–Crippen MR) is 102 cm³/mol. The maximum atomic E-state index is 12.6. The van der Waals surface area contributed by atoms with Gasteiger partial charge in [-0.2, -0.15) is 0 Å². The van der Waals surface area contributed by atoms with E-state index in [2.05, 4.69) is 5.32 Å². The summed E-state index contributed by atoms with van der Waals surface area (Å²) in [7, 11) is 0. The van der Waals surface area contributed by atoms with Crippen LogP contribution in [-0.2, 0) is 16.1 Å². The highest BCUT2D eigenvalue weighted by Crippen LogP contribution is 2.30. The van der Waals surface area contributed by atoms with E-state index in [0.717, 1.165) is 0 Å². The minimum atomic E-state index is -2.12. The molecule has 3 rings (SSSR count). The highest BCUT2D eigenvalue weighted by molar-refractivity contribution is 6.34. The smallest absolute Gasteiger partial charge is 0.268 e. The van der Waals surface area contributed by atoms with Gasteiger partial charge in [-0.3, -0.25) is 9.59 Å². The first-order valence-corrected chi connectivity index (χ1v) is 8.96. The first kappa shape index (κ1) is 19.0. The van der Waals surface area contributed by atoms with Crippen LogP contribution in [0.1, 0.15) is 12.0 Å². The zero-order valence-electron chi connectivity index (χ0n) is 13.5. The van der Waals surface area contributed by atoms with E-state index in [4.69, 9.17) is 34.8 Å². The average Bonchev–Trinajstić information content (AvgIpc) is 2.88. The van der Waals surface area contributed by atoms with Crippen molar-refractivity contribution in [2.75, 3.05) is 11.4 Å². The van der Waals surface area contributed by atoms with Crippen LogP contribution in [0.3, 0.4) is 0 Å². The standard InChI is InChI=1S/C18H15Cl3N2O3/c19-12-2-1-3-15(9-12)23-5-4-18(26,17(23)25)16(24)22-10-11-6-13(20)8-14(21)7-11/h1-3,6-9,26H,4-5,10H2,(H,22,24). The van der Waals surface area contributed by atoms with Crippen LogP contribution < -0.4 is 10.2 Å². The molecule has 0 aliphatic carbocycles. The summed E-state index contributed by atoms with van der Waals surface area (Å²) in [4.78, 5) is 26.4. The van der Waals surface area contributed by atoms with E-state index >= 15 is 0 Å². The Hall–Kier alpha value is -1.79. The zero-order valence-corrected chi connectivity index (χ0v) is 15.8. The van der Waals surface area contributed by atoms with Crippen LogP contribution in [0, 0.1) is 0 Å². The molecule has 2 aromatic carbocycles. The number of halogens is 3. The van der Waals surface area contributed by atoms with E-state index in [9.17, 15) is 14.7 Å². The van der Waals surface area contributed by atoms with E-state index in [0.29, 0.717) is 26.3 Å². The molecule has 1 fully saturated rings. The summed E-state index contributed by atoms with van der Waals surface area (Å²) in [6.45, 7) is 0.304. The normalized spacial score (nSPS) is 19.7. The van der Waals surface area contributed by atoms with Crippen LogP contribution in [-0.4, -0.2) is 29.1 Å². The molecule has 0 radical (unpaired) electrons. The maximum Gasteiger partial charge on any atom is 0.268 e. The molecule has 0 aromatic heterocycles. The van der Waals surface area contributed by atoms with Crippen molar-refractivity contribution in [1.29, 1.82) is 0 Å². The molecule has 0 saturated carbocycles. The minimum absolute atomic E-state index is 0.0134. The molecule has 8 heteroatoms. The Morgan fingerprint density at radius 3 is 2.46 bits per heavy atom. The van der Waals surface area contributed by atoms with Crippen LogP contribution in [0.4, 0.5) is 5.69 Å². The van der Waals surface area contributed by atoms with E-state index in [1.54, 1.807) is 42.5 Å². The Bertz CT molecular complexity index is 854. The van der Waals surface area contributed by atoms with E-state index in [-0.39, 0.29) is 19.5 Å². The third-order valence-electron chi connectivity index (χ3n) is 4.17. The molecule has 1 unspecified atom stereocenters. The summed E-state index contributed by atoms with van der Waals surface area (Å²) >= 11 is 17.8. The lowest BCUT2D eigenvalue weighted by Crippen LogP contribution is -2.52. The second kappa shape index (κ2) is 7.45. The fourth-order valence-corrected chi connectivity index (χ4v) is 3.60. The summed E-state index contributed by atoms with van der Waals surface area (Å²) in [5.41, 5.74) is -0.922. The largest absolute Gasteiger partial charge is 0.372 e. The zero-order chi connectivity index (χ0) is 18.9. The summed E-state index contributed by atoms with van der Waals surface area (Å²) in [6.07, 6.45) is -0.0134. The molecule has 2 aromatic rings. The number of carbonyl (C=O) groups excluding carboxylic acids is 2. The summed E-state index contributed by atoms with van der Waals surface area (Å²) in [5.74, 6) is -1.44. The number of hydrogen-bond donors (Lipinski definition) is 2. The molecule has 26 heavy (non-hydrogen) atoms. The van der Waals surface area contributed by atoms with Crippen LogP contribution in [0.15, 0.2) is 42.5 Å². The Morgan fingerprint density at radius 1 is 1.12 bits per heavy atom. The molecule has 1 heterocycles. The van der Waals surface area contributed by atoms with Gasteiger partial charge in [-0.25, -0.2) is 0 Å². The van der Waals surface area contributed by atoms with Gasteiger partial charge in [0, 0.05) is 40.3 Å². The van der Waals surface area contributed by atoms with Gasteiger partial charge in [0.1, 0.15) is 0 Å². The van der Waals surface area contributed by atoms with E-state index in [1.807, 2.05) is 0 Å². The summed E-state index contributed by atoms with van der Waals surface area (Å²) < 4.78 is 0. The lowest BCUT2D eigenvalue weighted by molar-refractivity contribution is -0.149. The van der Waals surface area contributed by atoms with Gasteiger partial charge in [-0.15, -0.1) is 0 Å². The van der Waals surface area contributed by atoms with Gasteiger partial charge in [-0.1, -0.05) is 40.9 Å². The molecule has 136 valence electrons. The predicted octanol–water partition coefficient (Wildman–Crippen LogP) is 3.43. The van der Waals surface area contributed by atoms with Crippen LogP contribution >= 0.6 is 34.8 Å². The Morgan fingerprint density at radius 2 is 1.81 bits per heavy atom. The second-order valence-corrected chi connectivity index (χ2v) is 7.32. The molecule has 1 atom stereocenters. The lowest BCUT2D eigenvalue weighted by Gasteiger charge is -2.22. The van der Waals surface area contributed by atoms with E-state index < -0.39 is 17.4 Å². The number of nitrogens with one attached hydrogen (secondary N) is 1. The minimum Gasteiger partial charge on any atom is -0.372 e. The summed E-state index contributed by atoms with van der Waals surface area (Å²) in [5, 5.41) is 14.5. The average molecular weight is 414 g/mol. The fraction of sp³-hybridized carbons (Fsp3) is 0.222. The molecule has 0 spiro atoms. The topological polar surface area (TPSA) is 69.6 Å². The van der Waals surface area contributed by atoms with Crippen molar-refractivity contribution in [3.8, 4) is 0 Å². The molecule has 1 aliphatic rings. The van der Waals surface area contributed by atoms with Gasteiger partial charge in [-0.05, 0) is 42.0 Å². The fourth-order valence-electron chi connectivity index (χ4n) is 2.85. The van der Waals surface area contributed by atoms with Crippen LogP contribution in [0.25, 0.3) is 0 Å². The van der Waals surface area contributed by atoms with Crippen molar-refractivity contribution >= 4 is 52.3 Å². The van der Waals surface area contributed by atoms with Gasteiger partial charge >= 0.3 is 0 Å². The molecule has 2 amide bonds. The summed E-state index contributed by atoms with van der Waals surface area (Å²) in [6, 6.07) is 11.6. The van der Waals surface area contributed by atoms with Crippen molar-refractivity contribution in [3.63, 3.8) is 0 Å². The number of amides is 2. The lowest BCUT2D eigenvalue weighted by atomic mass is 10.0. The van der Waals surface area contributed by atoms with E-state index in [1.165, 1.54) is 4.90 Å².